The van der Waals surface area contributed by atoms with E-state index in [4.69, 9.17) is 5.26 Å². The Morgan fingerprint density at radius 3 is 2.84 bits per heavy atom. The van der Waals surface area contributed by atoms with Crippen molar-refractivity contribution in [3.05, 3.63) is 53.4 Å². The molecule has 0 spiro atoms. The van der Waals surface area contributed by atoms with Gasteiger partial charge in [0.25, 0.3) is 0 Å². The van der Waals surface area contributed by atoms with Crippen molar-refractivity contribution in [2.75, 3.05) is 17.2 Å². The van der Waals surface area contributed by atoms with Gasteiger partial charge in [0.15, 0.2) is 0 Å². The minimum absolute atomic E-state index is 0.620. The van der Waals surface area contributed by atoms with E-state index in [0.717, 1.165) is 30.3 Å². The normalized spacial score (nSPS) is 13.7. The maximum absolute atomic E-state index is 9.00. The molecule has 1 heterocycles. The van der Waals surface area contributed by atoms with Crippen LogP contribution in [0.4, 0.5) is 17.3 Å². The van der Waals surface area contributed by atoms with Gasteiger partial charge < -0.3 is 10.6 Å². The zero-order valence-electron chi connectivity index (χ0n) is 14.5. The van der Waals surface area contributed by atoms with Gasteiger partial charge in [-0.05, 0) is 57.2 Å². The fraction of sp³-hybridized carbons (Fsp3) is 0.350. The second-order valence-electron chi connectivity index (χ2n) is 6.29. The Balaban J connectivity index is 1.63. The van der Waals surface area contributed by atoms with Crippen LogP contribution in [0.2, 0.25) is 0 Å². The summed E-state index contributed by atoms with van der Waals surface area (Å²) in [6.07, 6.45) is 8.53. The molecule has 1 aliphatic carbocycles. The first kappa shape index (κ1) is 17.0. The topological polar surface area (TPSA) is 73.6 Å². The van der Waals surface area contributed by atoms with E-state index in [-0.39, 0.29) is 0 Å². The minimum atomic E-state index is 0.620. The van der Waals surface area contributed by atoms with Crippen LogP contribution in [-0.2, 0) is 0 Å². The summed E-state index contributed by atoms with van der Waals surface area (Å²) in [6, 6.07) is 11.4. The van der Waals surface area contributed by atoms with Gasteiger partial charge in [0.2, 0.25) is 0 Å². The molecule has 2 N–H and O–H groups in total. The Hall–Kier alpha value is -2.87. The summed E-state index contributed by atoms with van der Waals surface area (Å²) < 4.78 is 0. The minimum Gasteiger partial charge on any atom is -0.370 e. The average Bonchev–Trinajstić information content (AvgIpc) is 2.62. The van der Waals surface area contributed by atoms with Gasteiger partial charge in [-0.15, -0.1) is 0 Å². The number of nitrogens with one attached hydrogen (secondary N) is 2. The van der Waals surface area contributed by atoms with Crippen LogP contribution >= 0.6 is 0 Å². The molecule has 2 aromatic rings. The standard InChI is InChI=1S/C20H23N5/c1-15-23-19(22-11-10-16-6-3-2-4-7-16)13-20(24-15)25-18-9-5-8-17(12-18)14-21/h5-6,8-9,12-13H,2-4,7,10-11H2,1H3,(H2,22,23,24,25). The van der Waals surface area contributed by atoms with Gasteiger partial charge in [-0.2, -0.15) is 5.26 Å². The smallest absolute Gasteiger partial charge is 0.136 e. The highest BCUT2D eigenvalue weighted by atomic mass is 15.1. The molecule has 25 heavy (non-hydrogen) atoms. The van der Waals surface area contributed by atoms with Crippen molar-refractivity contribution in [3.63, 3.8) is 0 Å². The second-order valence-corrected chi connectivity index (χ2v) is 6.29. The van der Waals surface area contributed by atoms with Gasteiger partial charge >= 0.3 is 0 Å². The molecule has 0 unspecified atom stereocenters. The highest BCUT2D eigenvalue weighted by Crippen LogP contribution is 2.21. The number of benzene rings is 1. The Bertz CT molecular complexity index is 804. The molecule has 0 bridgehead atoms. The van der Waals surface area contributed by atoms with E-state index >= 15 is 0 Å². The van der Waals surface area contributed by atoms with E-state index in [2.05, 4.69) is 32.7 Å². The van der Waals surface area contributed by atoms with E-state index < -0.39 is 0 Å². The van der Waals surface area contributed by atoms with Crippen molar-refractivity contribution >= 4 is 17.3 Å². The Morgan fingerprint density at radius 1 is 1.16 bits per heavy atom. The Kier molecular flexibility index (Phi) is 5.63. The predicted molar refractivity (Wildman–Crippen MR) is 101 cm³/mol. The van der Waals surface area contributed by atoms with Crippen LogP contribution in [0.25, 0.3) is 0 Å². The summed E-state index contributed by atoms with van der Waals surface area (Å²) in [5.74, 6) is 2.26. The zero-order valence-corrected chi connectivity index (χ0v) is 14.5. The van der Waals surface area contributed by atoms with Crippen molar-refractivity contribution < 1.29 is 0 Å². The first-order valence-electron chi connectivity index (χ1n) is 8.77. The van der Waals surface area contributed by atoms with Gasteiger partial charge in [0, 0.05) is 18.3 Å². The molecule has 0 fully saturated rings. The van der Waals surface area contributed by atoms with Crippen LogP contribution in [0.3, 0.4) is 0 Å². The molecule has 128 valence electrons. The zero-order chi connectivity index (χ0) is 17.5. The summed E-state index contributed by atoms with van der Waals surface area (Å²) in [6.45, 7) is 2.76. The van der Waals surface area contributed by atoms with Crippen LogP contribution in [-0.4, -0.2) is 16.5 Å². The van der Waals surface area contributed by atoms with Crippen molar-refractivity contribution in [1.29, 1.82) is 5.26 Å². The van der Waals surface area contributed by atoms with E-state index in [0.29, 0.717) is 11.4 Å². The number of aromatic nitrogens is 2. The average molecular weight is 333 g/mol. The lowest BCUT2D eigenvalue weighted by atomic mass is 9.97. The van der Waals surface area contributed by atoms with E-state index in [9.17, 15) is 0 Å². The molecule has 1 aromatic heterocycles. The number of hydrogen-bond acceptors (Lipinski definition) is 5. The van der Waals surface area contributed by atoms with Crippen LogP contribution in [0.15, 0.2) is 42.0 Å². The molecule has 3 rings (SSSR count). The summed E-state index contributed by atoms with van der Waals surface area (Å²) in [5, 5.41) is 15.6. The molecule has 5 nitrogen and oxygen atoms in total. The molecular formula is C20H23N5. The van der Waals surface area contributed by atoms with Crippen molar-refractivity contribution in [2.45, 2.75) is 39.0 Å². The largest absolute Gasteiger partial charge is 0.370 e. The summed E-state index contributed by atoms with van der Waals surface area (Å²) in [5.41, 5.74) is 3.02. The SMILES string of the molecule is Cc1nc(NCCC2=CCCCC2)cc(Nc2cccc(C#N)c2)n1. The number of nitriles is 1. The maximum atomic E-state index is 9.00. The second kappa shape index (κ2) is 8.29. The number of rotatable bonds is 6. The molecule has 0 saturated heterocycles. The molecule has 0 aliphatic heterocycles. The third-order valence-corrected chi connectivity index (χ3v) is 4.24. The summed E-state index contributed by atoms with van der Waals surface area (Å²) >= 11 is 0. The molecule has 5 heteroatoms. The number of aryl methyl sites for hydroxylation is 1. The number of anilines is 3. The molecule has 0 radical (unpaired) electrons. The summed E-state index contributed by atoms with van der Waals surface area (Å²) in [7, 11) is 0. The molecule has 1 aromatic carbocycles. The molecule has 0 saturated carbocycles. The van der Waals surface area contributed by atoms with Crippen molar-refractivity contribution in [2.24, 2.45) is 0 Å². The lowest BCUT2D eigenvalue weighted by molar-refractivity contribution is 0.679. The lowest BCUT2D eigenvalue weighted by Crippen LogP contribution is -2.08. The molecule has 0 amide bonds. The first-order valence-corrected chi connectivity index (χ1v) is 8.77. The molecule has 0 atom stereocenters. The Morgan fingerprint density at radius 2 is 2.04 bits per heavy atom. The van der Waals surface area contributed by atoms with Gasteiger partial charge in [0.1, 0.15) is 17.5 Å². The Labute approximate surface area is 148 Å². The van der Waals surface area contributed by atoms with E-state index in [1.807, 2.05) is 25.1 Å². The maximum Gasteiger partial charge on any atom is 0.136 e. The fourth-order valence-corrected chi connectivity index (χ4v) is 3.02. The number of hydrogen-bond donors (Lipinski definition) is 2. The van der Waals surface area contributed by atoms with Gasteiger partial charge in [-0.3, -0.25) is 0 Å². The van der Waals surface area contributed by atoms with Crippen molar-refractivity contribution in [3.8, 4) is 6.07 Å². The lowest BCUT2D eigenvalue weighted by Gasteiger charge is -2.14. The molecular weight excluding hydrogens is 310 g/mol. The third-order valence-electron chi connectivity index (χ3n) is 4.24. The number of nitrogens with zero attached hydrogens (tertiary/aromatic N) is 3. The van der Waals surface area contributed by atoms with Crippen LogP contribution in [0.1, 0.15) is 43.5 Å². The van der Waals surface area contributed by atoms with Gasteiger partial charge in [-0.25, -0.2) is 9.97 Å². The van der Waals surface area contributed by atoms with E-state index in [1.165, 1.54) is 25.7 Å². The van der Waals surface area contributed by atoms with Crippen LogP contribution < -0.4 is 10.6 Å². The quantitative estimate of drug-likeness (QED) is 0.749. The van der Waals surface area contributed by atoms with E-state index in [1.54, 1.807) is 17.7 Å². The van der Waals surface area contributed by atoms with Crippen LogP contribution in [0, 0.1) is 18.3 Å². The highest BCUT2D eigenvalue weighted by molar-refractivity contribution is 5.60. The first-order chi connectivity index (χ1) is 12.2. The van der Waals surface area contributed by atoms with Crippen LogP contribution in [0.5, 0.6) is 0 Å². The highest BCUT2D eigenvalue weighted by Gasteiger charge is 2.06. The third kappa shape index (κ3) is 5.05. The van der Waals surface area contributed by atoms with Gasteiger partial charge in [-0.1, -0.05) is 17.7 Å². The van der Waals surface area contributed by atoms with Crippen molar-refractivity contribution in [1.82, 2.24) is 9.97 Å². The molecule has 1 aliphatic rings. The van der Waals surface area contributed by atoms with Gasteiger partial charge in [0.05, 0.1) is 11.6 Å². The number of allylic oxidation sites excluding steroid dienone is 1. The monoisotopic (exact) mass is 333 g/mol. The fourth-order valence-electron chi connectivity index (χ4n) is 3.02. The summed E-state index contributed by atoms with van der Waals surface area (Å²) in [4.78, 5) is 8.88. The predicted octanol–water partition coefficient (Wildman–Crippen LogP) is 4.70.